The van der Waals surface area contributed by atoms with Gasteiger partial charge in [-0.05, 0) is 125 Å². The van der Waals surface area contributed by atoms with E-state index in [4.69, 9.17) is 4.74 Å². The van der Waals surface area contributed by atoms with Crippen LogP contribution in [0.15, 0.2) is 6.07 Å². The maximum atomic E-state index is 10.6. The highest BCUT2D eigenvalue weighted by Crippen LogP contribution is 2.49. The molecule has 0 unspecified atom stereocenters. The van der Waals surface area contributed by atoms with Gasteiger partial charge in [-0.15, -0.1) is 0 Å². The third kappa shape index (κ3) is 6.33. The van der Waals surface area contributed by atoms with Crippen molar-refractivity contribution >= 4 is 6.47 Å². The van der Waals surface area contributed by atoms with Crippen LogP contribution < -0.4 is 0 Å². The highest BCUT2D eigenvalue weighted by atomic mass is 16.5. The van der Waals surface area contributed by atoms with E-state index in [0.717, 1.165) is 19.3 Å². The van der Waals surface area contributed by atoms with Gasteiger partial charge in [0.15, 0.2) is 0 Å². The highest BCUT2D eigenvalue weighted by Gasteiger charge is 2.44. The van der Waals surface area contributed by atoms with Crippen molar-refractivity contribution in [2.75, 3.05) is 0 Å². The molecule has 2 aliphatic rings. The largest absolute Gasteiger partial charge is 0.461 e. The molecule has 0 atom stereocenters. The molecule has 2 fully saturated rings. The van der Waals surface area contributed by atoms with Crippen molar-refractivity contribution < 1.29 is 9.53 Å². The van der Waals surface area contributed by atoms with Gasteiger partial charge in [0.05, 0.1) is 0 Å². The van der Waals surface area contributed by atoms with E-state index >= 15 is 0 Å². The average Bonchev–Trinajstić information content (AvgIpc) is 3.61. The zero-order chi connectivity index (χ0) is 20.9. The molecule has 2 nitrogen and oxygen atoms in total. The van der Waals surface area contributed by atoms with Crippen molar-refractivity contribution in [1.29, 1.82) is 0 Å². The van der Waals surface area contributed by atoms with Crippen LogP contribution in [0.5, 0.6) is 0 Å². The molecule has 0 N–H and O–H groups in total. The predicted molar refractivity (Wildman–Crippen MR) is 121 cm³/mol. The van der Waals surface area contributed by atoms with Gasteiger partial charge in [-0.25, -0.2) is 0 Å². The first kappa shape index (κ1) is 22.4. The molecule has 0 spiro atoms. The summed E-state index contributed by atoms with van der Waals surface area (Å²) in [7, 11) is 0. The number of unbranched alkanes of at least 4 members (excludes halogenated alkanes) is 4. The van der Waals surface area contributed by atoms with Gasteiger partial charge in [0.25, 0.3) is 6.47 Å². The van der Waals surface area contributed by atoms with Crippen molar-refractivity contribution in [1.82, 2.24) is 0 Å². The Bertz CT molecular complexity index is 695. The summed E-state index contributed by atoms with van der Waals surface area (Å²) in [5, 5.41) is 0. The number of aryl methyl sites for hydroxylation is 2. The van der Waals surface area contributed by atoms with Crippen LogP contribution in [0, 0.1) is 26.2 Å². The first-order valence-electron chi connectivity index (χ1n) is 12.1. The second-order valence-corrected chi connectivity index (χ2v) is 10.4. The number of carbonyl (C=O) groups excluding carboxylic acids is 1. The standard InChI is InChI=1S/C27H42O2/c1-21-19-24(11-7-5-10-14-27(17-18-27)29-20-28)22(2)23(3)25(21)12-8-6-9-13-26(4)15-16-26/h19-20H,5-18H2,1-4H3. The Balaban J connectivity index is 1.41. The third-order valence-corrected chi connectivity index (χ3v) is 7.86. The summed E-state index contributed by atoms with van der Waals surface area (Å²) in [6.45, 7) is 10.0. The summed E-state index contributed by atoms with van der Waals surface area (Å²) in [4.78, 5) is 10.6. The summed E-state index contributed by atoms with van der Waals surface area (Å²) < 4.78 is 5.26. The highest BCUT2D eigenvalue weighted by molar-refractivity contribution is 5.44. The lowest BCUT2D eigenvalue weighted by Gasteiger charge is -2.17. The molecule has 1 aromatic rings. The molecular formula is C27H42O2. The minimum Gasteiger partial charge on any atom is -0.461 e. The van der Waals surface area contributed by atoms with E-state index in [0.29, 0.717) is 11.9 Å². The Kier molecular flexibility index (Phi) is 7.46. The van der Waals surface area contributed by atoms with E-state index in [1.165, 1.54) is 92.9 Å². The van der Waals surface area contributed by atoms with Crippen molar-refractivity contribution in [2.24, 2.45) is 5.41 Å². The van der Waals surface area contributed by atoms with Crippen LogP contribution in [-0.4, -0.2) is 12.1 Å². The number of hydrogen-bond donors (Lipinski definition) is 0. The summed E-state index contributed by atoms with van der Waals surface area (Å²) >= 11 is 0. The van der Waals surface area contributed by atoms with Crippen LogP contribution in [0.3, 0.4) is 0 Å². The molecule has 0 bridgehead atoms. The molecule has 3 rings (SSSR count). The zero-order valence-corrected chi connectivity index (χ0v) is 19.4. The van der Waals surface area contributed by atoms with Crippen LogP contribution >= 0.6 is 0 Å². The van der Waals surface area contributed by atoms with Crippen molar-refractivity contribution in [2.45, 2.75) is 123 Å². The van der Waals surface area contributed by atoms with Gasteiger partial charge in [-0.3, -0.25) is 4.79 Å². The minimum atomic E-state index is -0.0805. The Labute approximate surface area is 178 Å². The summed E-state index contributed by atoms with van der Waals surface area (Å²) in [5.74, 6) is 0. The fourth-order valence-corrected chi connectivity index (χ4v) is 4.97. The lowest BCUT2D eigenvalue weighted by Crippen LogP contribution is -2.12. The molecule has 0 heterocycles. The fraction of sp³-hybridized carbons (Fsp3) is 0.741. The molecular weight excluding hydrogens is 356 g/mol. The van der Waals surface area contributed by atoms with Gasteiger partial charge in [0.2, 0.25) is 0 Å². The molecule has 162 valence electrons. The molecule has 0 radical (unpaired) electrons. The van der Waals surface area contributed by atoms with Crippen LogP contribution in [-0.2, 0) is 22.4 Å². The van der Waals surface area contributed by atoms with E-state index in [1.807, 2.05) is 0 Å². The van der Waals surface area contributed by atoms with Gasteiger partial charge >= 0.3 is 0 Å². The normalized spacial score (nSPS) is 18.5. The Hall–Kier alpha value is -1.31. The van der Waals surface area contributed by atoms with Crippen LogP contribution in [0.2, 0.25) is 0 Å². The Morgan fingerprint density at radius 3 is 2.14 bits per heavy atom. The molecule has 2 heteroatoms. The lowest BCUT2D eigenvalue weighted by molar-refractivity contribution is -0.135. The molecule has 0 amide bonds. The van der Waals surface area contributed by atoms with Gasteiger partial charge in [0.1, 0.15) is 5.60 Å². The van der Waals surface area contributed by atoms with Gasteiger partial charge in [-0.1, -0.05) is 32.3 Å². The van der Waals surface area contributed by atoms with Crippen molar-refractivity contribution in [3.8, 4) is 0 Å². The first-order valence-corrected chi connectivity index (χ1v) is 12.1. The Morgan fingerprint density at radius 1 is 0.862 bits per heavy atom. The quantitative estimate of drug-likeness (QED) is 0.242. The predicted octanol–water partition coefficient (Wildman–Crippen LogP) is 7.32. The second-order valence-electron chi connectivity index (χ2n) is 10.4. The monoisotopic (exact) mass is 398 g/mol. The Morgan fingerprint density at radius 2 is 1.52 bits per heavy atom. The van der Waals surface area contributed by atoms with Crippen LogP contribution in [0.4, 0.5) is 0 Å². The molecule has 2 saturated carbocycles. The second kappa shape index (κ2) is 9.67. The molecule has 2 aliphatic carbocycles. The third-order valence-electron chi connectivity index (χ3n) is 7.86. The van der Waals surface area contributed by atoms with Crippen molar-refractivity contribution in [3.05, 3.63) is 33.9 Å². The van der Waals surface area contributed by atoms with Crippen LogP contribution in [0.25, 0.3) is 0 Å². The molecule has 29 heavy (non-hydrogen) atoms. The number of carbonyl (C=O) groups is 1. The topological polar surface area (TPSA) is 26.3 Å². The summed E-state index contributed by atoms with van der Waals surface area (Å²) in [5.41, 5.74) is 8.31. The van der Waals surface area contributed by atoms with Crippen molar-refractivity contribution in [3.63, 3.8) is 0 Å². The summed E-state index contributed by atoms with van der Waals surface area (Å²) in [6.07, 6.45) is 17.7. The van der Waals surface area contributed by atoms with Crippen LogP contribution in [0.1, 0.15) is 112 Å². The molecule has 1 aromatic carbocycles. The number of hydrogen-bond acceptors (Lipinski definition) is 2. The number of benzene rings is 1. The average molecular weight is 399 g/mol. The SMILES string of the molecule is Cc1cc(CCCCCC2(OC=O)CC2)c(C)c(C)c1CCCCCC1(C)CC1. The molecule has 0 aliphatic heterocycles. The van der Waals surface area contributed by atoms with E-state index in [1.54, 1.807) is 5.56 Å². The van der Waals surface area contributed by atoms with Gasteiger partial charge < -0.3 is 4.74 Å². The smallest absolute Gasteiger partial charge is 0.293 e. The maximum Gasteiger partial charge on any atom is 0.293 e. The first-order chi connectivity index (χ1) is 13.9. The minimum absolute atomic E-state index is 0.0805. The lowest BCUT2D eigenvalue weighted by atomic mass is 9.88. The van der Waals surface area contributed by atoms with E-state index in [9.17, 15) is 4.79 Å². The van der Waals surface area contributed by atoms with E-state index < -0.39 is 0 Å². The van der Waals surface area contributed by atoms with Gasteiger partial charge in [-0.2, -0.15) is 0 Å². The molecule has 0 aromatic heterocycles. The molecule has 0 saturated heterocycles. The van der Waals surface area contributed by atoms with E-state index in [-0.39, 0.29) is 5.60 Å². The fourth-order valence-electron chi connectivity index (χ4n) is 4.97. The maximum absolute atomic E-state index is 10.6. The number of rotatable bonds is 14. The van der Waals surface area contributed by atoms with Gasteiger partial charge in [0, 0.05) is 0 Å². The summed E-state index contributed by atoms with van der Waals surface area (Å²) in [6, 6.07) is 2.46. The number of ether oxygens (including phenoxy) is 1. The van der Waals surface area contributed by atoms with E-state index in [2.05, 4.69) is 33.8 Å². The zero-order valence-electron chi connectivity index (χ0n) is 19.4.